The van der Waals surface area contributed by atoms with Crippen molar-refractivity contribution < 1.29 is 24.2 Å². The highest BCUT2D eigenvalue weighted by atomic mass is 16.6. The number of ether oxygens (including phenoxy) is 2. The Hall–Kier alpha value is -3.02. The van der Waals surface area contributed by atoms with Crippen molar-refractivity contribution in [1.82, 2.24) is 5.32 Å². The molecular weight excluding hydrogens is 358 g/mol. The number of nitrogens with one attached hydrogen (secondary N) is 1. The topological polar surface area (TPSA) is 84.9 Å². The van der Waals surface area contributed by atoms with Gasteiger partial charge in [-0.3, -0.25) is 4.79 Å². The quantitative estimate of drug-likeness (QED) is 0.767. The highest BCUT2D eigenvalue weighted by Crippen LogP contribution is 2.34. The van der Waals surface area contributed by atoms with Crippen molar-refractivity contribution >= 4 is 11.9 Å². The van der Waals surface area contributed by atoms with Gasteiger partial charge in [0, 0.05) is 18.4 Å². The van der Waals surface area contributed by atoms with E-state index in [1.54, 1.807) is 24.3 Å². The first-order valence-corrected chi connectivity index (χ1v) is 9.34. The Balaban J connectivity index is 1.52. The maximum atomic E-state index is 12.3. The summed E-state index contributed by atoms with van der Waals surface area (Å²) in [5, 5.41) is 11.9. The summed E-state index contributed by atoms with van der Waals surface area (Å²) in [6.07, 6.45) is 0.916. The van der Waals surface area contributed by atoms with Gasteiger partial charge in [0.1, 0.15) is 13.2 Å². The Bertz CT molecular complexity index is 858. The van der Waals surface area contributed by atoms with Crippen molar-refractivity contribution in [2.24, 2.45) is 0 Å². The van der Waals surface area contributed by atoms with Gasteiger partial charge < -0.3 is 19.9 Å². The number of carboxylic acid groups (broad SMARTS) is 1. The van der Waals surface area contributed by atoms with Crippen LogP contribution in [-0.2, 0) is 16.6 Å². The van der Waals surface area contributed by atoms with Gasteiger partial charge in [-0.15, -0.1) is 0 Å². The van der Waals surface area contributed by atoms with E-state index in [2.05, 4.69) is 19.2 Å². The van der Waals surface area contributed by atoms with Gasteiger partial charge in [-0.2, -0.15) is 0 Å². The molecule has 0 atom stereocenters. The molecule has 0 radical (unpaired) electrons. The highest BCUT2D eigenvalue weighted by molar-refractivity contribution is 5.87. The maximum absolute atomic E-state index is 12.3. The first-order chi connectivity index (χ1) is 13.3. The van der Waals surface area contributed by atoms with E-state index < -0.39 is 5.97 Å². The standard InChI is InChI=1S/C22H25NO5/c1-22(2,17-8-9-18-19(13-17)28-12-11-27-18)14-23-20(24)10-5-15-3-6-16(7-4-15)21(25)26/h3-4,6-9,13H,5,10-12,14H2,1-2H3,(H,23,24)(H,25,26). The number of aromatic carboxylic acids is 1. The second kappa shape index (κ2) is 8.33. The summed E-state index contributed by atoms with van der Waals surface area (Å²) in [4.78, 5) is 23.1. The molecule has 0 saturated heterocycles. The van der Waals surface area contributed by atoms with Gasteiger partial charge in [0.25, 0.3) is 0 Å². The van der Waals surface area contributed by atoms with Crippen LogP contribution in [0.1, 0.15) is 41.8 Å². The lowest BCUT2D eigenvalue weighted by Crippen LogP contribution is -2.36. The molecular formula is C22H25NO5. The van der Waals surface area contributed by atoms with Crippen LogP contribution in [-0.4, -0.2) is 36.7 Å². The molecule has 0 spiro atoms. The van der Waals surface area contributed by atoms with Crippen molar-refractivity contribution in [3.8, 4) is 11.5 Å². The van der Waals surface area contributed by atoms with Gasteiger partial charge in [0.15, 0.2) is 11.5 Å². The number of carbonyl (C=O) groups excluding carboxylic acids is 1. The molecule has 1 heterocycles. The number of fused-ring (bicyclic) bond motifs is 1. The molecule has 0 bridgehead atoms. The van der Waals surface area contributed by atoms with Crippen molar-refractivity contribution in [1.29, 1.82) is 0 Å². The van der Waals surface area contributed by atoms with Crippen LogP contribution < -0.4 is 14.8 Å². The summed E-state index contributed by atoms with van der Waals surface area (Å²) in [6, 6.07) is 12.5. The fourth-order valence-corrected chi connectivity index (χ4v) is 3.05. The largest absolute Gasteiger partial charge is 0.486 e. The van der Waals surface area contributed by atoms with Crippen LogP contribution in [0.5, 0.6) is 11.5 Å². The molecule has 6 heteroatoms. The Morgan fingerprint density at radius 1 is 1.04 bits per heavy atom. The molecule has 0 fully saturated rings. The van der Waals surface area contributed by atoms with E-state index in [1.165, 1.54) is 0 Å². The summed E-state index contributed by atoms with van der Waals surface area (Å²) in [6.45, 7) is 5.75. The number of rotatable bonds is 7. The fourth-order valence-electron chi connectivity index (χ4n) is 3.05. The number of carbonyl (C=O) groups is 2. The fraction of sp³-hybridized carbons (Fsp3) is 0.364. The zero-order chi connectivity index (χ0) is 20.1. The number of aryl methyl sites for hydroxylation is 1. The SMILES string of the molecule is CC(C)(CNC(=O)CCc1ccc(C(=O)O)cc1)c1ccc2c(c1)OCCO2. The van der Waals surface area contributed by atoms with Crippen LogP contribution in [0, 0.1) is 0 Å². The Labute approximate surface area is 164 Å². The van der Waals surface area contributed by atoms with E-state index in [0.717, 1.165) is 22.6 Å². The van der Waals surface area contributed by atoms with Crippen LogP contribution in [0.2, 0.25) is 0 Å². The lowest BCUT2D eigenvalue weighted by Gasteiger charge is -2.28. The molecule has 6 nitrogen and oxygen atoms in total. The summed E-state index contributed by atoms with van der Waals surface area (Å²) in [5.74, 6) is 0.510. The third-order valence-corrected chi connectivity index (χ3v) is 4.89. The zero-order valence-corrected chi connectivity index (χ0v) is 16.2. The molecule has 0 saturated carbocycles. The molecule has 2 aromatic rings. The molecule has 3 rings (SSSR count). The molecule has 1 aliphatic heterocycles. The van der Waals surface area contributed by atoms with E-state index in [9.17, 15) is 9.59 Å². The van der Waals surface area contributed by atoms with Gasteiger partial charge in [-0.1, -0.05) is 32.0 Å². The minimum Gasteiger partial charge on any atom is -0.486 e. The van der Waals surface area contributed by atoms with Crippen LogP contribution in [0.3, 0.4) is 0 Å². The molecule has 148 valence electrons. The highest BCUT2D eigenvalue weighted by Gasteiger charge is 2.24. The van der Waals surface area contributed by atoms with Crippen molar-refractivity contribution in [2.75, 3.05) is 19.8 Å². The minimum atomic E-state index is -0.953. The second-order valence-corrected chi connectivity index (χ2v) is 7.52. The molecule has 0 unspecified atom stereocenters. The van der Waals surface area contributed by atoms with Crippen LogP contribution >= 0.6 is 0 Å². The van der Waals surface area contributed by atoms with E-state index in [0.29, 0.717) is 32.6 Å². The predicted octanol–water partition coefficient (Wildman–Crippen LogP) is 3.18. The summed E-state index contributed by atoms with van der Waals surface area (Å²) < 4.78 is 11.2. The average molecular weight is 383 g/mol. The number of hydrogen-bond acceptors (Lipinski definition) is 4. The van der Waals surface area contributed by atoms with E-state index in [-0.39, 0.29) is 16.9 Å². The first kappa shape index (κ1) is 19.7. The summed E-state index contributed by atoms with van der Waals surface area (Å²) in [7, 11) is 0. The molecule has 0 aliphatic carbocycles. The third-order valence-electron chi connectivity index (χ3n) is 4.89. The molecule has 1 aliphatic rings. The third kappa shape index (κ3) is 4.82. The van der Waals surface area contributed by atoms with Gasteiger partial charge >= 0.3 is 5.97 Å². The number of hydrogen-bond donors (Lipinski definition) is 2. The number of benzene rings is 2. The van der Waals surface area contributed by atoms with Gasteiger partial charge in [0.2, 0.25) is 5.91 Å². The molecule has 2 N–H and O–H groups in total. The number of amides is 1. The second-order valence-electron chi connectivity index (χ2n) is 7.52. The molecule has 28 heavy (non-hydrogen) atoms. The average Bonchev–Trinajstić information content (AvgIpc) is 2.70. The van der Waals surface area contributed by atoms with E-state index >= 15 is 0 Å². The van der Waals surface area contributed by atoms with Gasteiger partial charge in [0.05, 0.1) is 5.56 Å². The summed E-state index contributed by atoms with van der Waals surface area (Å²) in [5.41, 5.74) is 2.00. The first-order valence-electron chi connectivity index (χ1n) is 9.34. The zero-order valence-electron chi connectivity index (χ0n) is 16.2. The monoisotopic (exact) mass is 383 g/mol. The Morgan fingerprint density at radius 2 is 1.71 bits per heavy atom. The number of carboxylic acids is 1. The van der Waals surface area contributed by atoms with E-state index in [4.69, 9.17) is 14.6 Å². The normalized spacial score (nSPS) is 13.1. The van der Waals surface area contributed by atoms with Gasteiger partial charge in [-0.05, 0) is 41.8 Å². The smallest absolute Gasteiger partial charge is 0.335 e. The van der Waals surface area contributed by atoms with Crippen LogP contribution in [0.25, 0.3) is 0 Å². The molecule has 1 amide bonds. The molecule has 2 aromatic carbocycles. The predicted molar refractivity (Wildman–Crippen MR) is 105 cm³/mol. The van der Waals surface area contributed by atoms with Crippen LogP contribution in [0.15, 0.2) is 42.5 Å². The van der Waals surface area contributed by atoms with Crippen molar-refractivity contribution in [3.63, 3.8) is 0 Å². The van der Waals surface area contributed by atoms with Gasteiger partial charge in [-0.25, -0.2) is 4.79 Å². The molecule has 0 aromatic heterocycles. The van der Waals surface area contributed by atoms with E-state index in [1.807, 2.05) is 18.2 Å². The Morgan fingerprint density at radius 3 is 2.39 bits per heavy atom. The lowest BCUT2D eigenvalue weighted by molar-refractivity contribution is -0.121. The van der Waals surface area contributed by atoms with Crippen LogP contribution in [0.4, 0.5) is 0 Å². The maximum Gasteiger partial charge on any atom is 0.335 e. The van der Waals surface area contributed by atoms with Crippen molar-refractivity contribution in [2.45, 2.75) is 32.1 Å². The minimum absolute atomic E-state index is 0.0343. The Kier molecular flexibility index (Phi) is 5.87. The lowest BCUT2D eigenvalue weighted by atomic mass is 9.84. The van der Waals surface area contributed by atoms with Crippen molar-refractivity contribution in [3.05, 3.63) is 59.2 Å². The summed E-state index contributed by atoms with van der Waals surface area (Å²) >= 11 is 0.